The molecule has 3 rings (SSSR count). The van der Waals surface area contributed by atoms with Crippen LogP contribution in [0.4, 0.5) is 8.78 Å². The number of hydrogen-bond donors (Lipinski definition) is 2. The van der Waals surface area contributed by atoms with Crippen LogP contribution >= 0.6 is 0 Å². The average Bonchev–Trinajstić information content (AvgIpc) is 2.71. The summed E-state index contributed by atoms with van der Waals surface area (Å²) >= 11 is 0. The van der Waals surface area contributed by atoms with E-state index in [0.29, 0.717) is 6.54 Å². The van der Waals surface area contributed by atoms with Gasteiger partial charge in [-0.15, -0.1) is 0 Å². The molecule has 2 atom stereocenters. The molecule has 2 aromatic carbocycles. The molecule has 2 N–H and O–H groups in total. The number of aliphatic hydroxyl groups is 2. The fraction of sp³-hybridized carbons (Fsp3) is 0.455. The number of piperidine rings is 1. The SMILES string of the molecule is OC[C@H]1CCCCN1C[C@@H](O)COC(c1ccc(F)cc1)c1ccc(F)cc1. The van der Waals surface area contributed by atoms with Gasteiger partial charge in [0, 0.05) is 12.6 Å². The number of nitrogens with zero attached hydrogens (tertiary/aromatic N) is 1. The molecule has 0 aromatic heterocycles. The normalized spacial score (nSPS) is 19.1. The second kappa shape index (κ2) is 10.1. The summed E-state index contributed by atoms with van der Waals surface area (Å²) in [5.74, 6) is -0.691. The van der Waals surface area contributed by atoms with Gasteiger partial charge >= 0.3 is 0 Å². The highest BCUT2D eigenvalue weighted by molar-refractivity contribution is 5.30. The summed E-state index contributed by atoms with van der Waals surface area (Å²) in [5, 5.41) is 20.0. The van der Waals surface area contributed by atoms with Gasteiger partial charge < -0.3 is 14.9 Å². The molecule has 1 saturated heterocycles. The van der Waals surface area contributed by atoms with Crippen molar-refractivity contribution in [3.8, 4) is 0 Å². The van der Waals surface area contributed by atoms with Crippen LogP contribution in [0.5, 0.6) is 0 Å². The van der Waals surface area contributed by atoms with Crippen molar-refractivity contribution in [3.63, 3.8) is 0 Å². The van der Waals surface area contributed by atoms with Gasteiger partial charge in [-0.05, 0) is 54.8 Å². The fourth-order valence-electron chi connectivity index (χ4n) is 3.70. The minimum atomic E-state index is -0.726. The predicted octanol–water partition coefficient (Wildman–Crippen LogP) is 3.28. The molecule has 1 fully saturated rings. The number of aliphatic hydroxyl groups excluding tert-OH is 2. The number of likely N-dealkylation sites (tertiary alicyclic amines) is 1. The third kappa shape index (κ3) is 5.58. The Kier molecular flexibility index (Phi) is 7.50. The van der Waals surface area contributed by atoms with Gasteiger partial charge in [0.05, 0.1) is 19.3 Å². The third-order valence-electron chi connectivity index (χ3n) is 5.21. The molecule has 0 radical (unpaired) electrons. The minimum Gasteiger partial charge on any atom is -0.395 e. The molecule has 0 unspecified atom stereocenters. The molecule has 0 saturated carbocycles. The summed E-state index contributed by atoms with van der Waals surface area (Å²) in [6.07, 6.45) is 1.81. The summed E-state index contributed by atoms with van der Waals surface area (Å²) in [5.41, 5.74) is 1.46. The average molecular weight is 391 g/mol. The Morgan fingerprint density at radius 1 is 0.964 bits per heavy atom. The lowest BCUT2D eigenvalue weighted by atomic mass is 10.0. The van der Waals surface area contributed by atoms with Crippen molar-refractivity contribution in [2.75, 3.05) is 26.3 Å². The molecule has 0 aliphatic carbocycles. The van der Waals surface area contributed by atoms with E-state index < -0.39 is 12.2 Å². The molecule has 2 aromatic rings. The van der Waals surface area contributed by atoms with Crippen molar-refractivity contribution in [1.29, 1.82) is 0 Å². The van der Waals surface area contributed by atoms with Crippen molar-refractivity contribution < 1.29 is 23.7 Å². The van der Waals surface area contributed by atoms with E-state index in [4.69, 9.17) is 4.74 Å². The van der Waals surface area contributed by atoms with Crippen molar-refractivity contribution in [3.05, 3.63) is 71.3 Å². The van der Waals surface area contributed by atoms with E-state index in [1.165, 1.54) is 24.3 Å². The highest BCUT2D eigenvalue weighted by Crippen LogP contribution is 2.27. The van der Waals surface area contributed by atoms with Crippen molar-refractivity contribution in [2.45, 2.75) is 37.5 Å². The first-order chi connectivity index (χ1) is 13.6. The van der Waals surface area contributed by atoms with E-state index in [0.717, 1.165) is 36.9 Å². The van der Waals surface area contributed by atoms with Gasteiger partial charge in [0.2, 0.25) is 0 Å². The highest BCUT2D eigenvalue weighted by atomic mass is 19.1. The predicted molar refractivity (Wildman–Crippen MR) is 103 cm³/mol. The van der Waals surface area contributed by atoms with Crippen LogP contribution in [0.15, 0.2) is 48.5 Å². The summed E-state index contributed by atoms with van der Waals surface area (Å²) in [6.45, 7) is 1.43. The van der Waals surface area contributed by atoms with Gasteiger partial charge in [-0.2, -0.15) is 0 Å². The summed E-state index contributed by atoms with van der Waals surface area (Å²) in [7, 11) is 0. The van der Waals surface area contributed by atoms with Crippen LogP contribution in [0, 0.1) is 11.6 Å². The molecule has 0 bridgehead atoms. The van der Waals surface area contributed by atoms with E-state index in [1.54, 1.807) is 24.3 Å². The van der Waals surface area contributed by atoms with Crippen molar-refractivity contribution in [1.82, 2.24) is 4.90 Å². The van der Waals surface area contributed by atoms with Crippen LogP contribution in [-0.2, 0) is 4.74 Å². The number of rotatable bonds is 8. The molecule has 1 aliphatic rings. The molecule has 4 nitrogen and oxygen atoms in total. The van der Waals surface area contributed by atoms with Gasteiger partial charge in [0.1, 0.15) is 17.7 Å². The first kappa shape index (κ1) is 20.9. The molecular formula is C22H27F2NO3. The van der Waals surface area contributed by atoms with Crippen LogP contribution in [-0.4, -0.2) is 53.6 Å². The van der Waals surface area contributed by atoms with Crippen LogP contribution in [0.25, 0.3) is 0 Å². The number of ether oxygens (including phenoxy) is 1. The van der Waals surface area contributed by atoms with Crippen LogP contribution in [0.1, 0.15) is 36.5 Å². The first-order valence-electron chi connectivity index (χ1n) is 9.72. The van der Waals surface area contributed by atoms with Gasteiger partial charge in [0.15, 0.2) is 0 Å². The Morgan fingerprint density at radius 3 is 2.07 bits per heavy atom. The molecule has 152 valence electrons. The van der Waals surface area contributed by atoms with E-state index in [1.807, 2.05) is 0 Å². The zero-order chi connectivity index (χ0) is 19.9. The maximum Gasteiger partial charge on any atom is 0.123 e. The highest BCUT2D eigenvalue weighted by Gasteiger charge is 2.24. The van der Waals surface area contributed by atoms with E-state index >= 15 is 0 Å². The molecule has 6 heteroatoms. The number of hydrogen-bond acceptors (Lipinski definition) is 4. The lowest BCUT2D eigenvalue weighted by Gasteiger charge is -2.36. The smallest absolute Gasteiger partial charge is 0.123 e. The van der Waals surface area contributed by atoms with E-state index in [9.17, 15) is 19.0 Å². The third-order valence-corrected chi connectivity index (χ3v) is 5.21. The fourth-order valence-corrected chi connectivity index (χ4v) is 3.70. The van der Waals surface area contributed by atoms with Crippen molar-refractivity contribution >= 4 is 0 Å². The van der Waals surface area contributed by atoms with Crippen LogP contribution in [0.2, 0.25) is 0 Å². The molecule has 0 amide bonds. The lowest BCUT2D eigenvalue weighted by Crippen LogP contribution is -2.46. The summed E-state index contributed by atoms with van der Waals surface area (Å²) in [4.78, 5) is 2.10. The van der Waals surface area contributed by atoms with E-state index in [2.05, 4.69) is 4.90 Å². The number of benzene rings is 2. The van der Waals surface area contributed by atoms with Gasteiger partial charge in [0.25, 0.3) is 0 Å². The Bertz CT molecular complexity index is 678. The zero-order valence-corrected chi connectivity index (χ0v) is 15.8. The Balaban J connectivity index is 1.67. The second-order valence-corrected chi connectivity index (χ2v) is 7.30. The topological polar surface area (TPSA) is 52.9 Å². The Morgan fingerprint density at radius 2 is 1.54 bits per heavy atom. The van der Waals surface area contributed by atoms with Gasteiger partial charge in [-0.25, -0.2) is 8.78 Å². The summed E-state index contributed by atoms with van der Waals surface area (Å²) in [6, 6.07) is 12.0. The van der Waals surface area contributed by atoms with Crippen LogP contribution in [0.3, 0.4) is 0 Å². The van der Waals surface area contributed by atoms with Gasteiger partial charge in [-0.1, -0.05) is 30.7 Å². The lowest BCUT2D eigenvalue weighted by molar-refractivity contribution is -0.0237. The Labute approximate surface area is 164 Å². The molecule has 28 heavy (non-hydrogen) atoms. The molecule has 0 spiro atoms. The number of β-amino-alcohol motifs (C(OH)–C–C–N with tert-alkyl or cyclic N) is 1. The van der Waals surface area contributed by atoms with Gasteiger partial charge in [-0.3, -0.25) is 4.90 Å². The largest absolute Gasteiger partial charge is 0.395 e. The minimum absolute atomic E-state index is 0.0772. The quantitative estimate of drug-likeness (QED) is 0.725. The van der Waals surface area contributed by atoms with Crippen molar-refractivity contribution in [2.24, 2.45) is 0 Å². The second-order valence-electron chi connectivity index (χ2n) is 7.30. The number of halogens is 2. The van der Waals surface area contributed by atoms with Crippen LogP contribution < -0.4 is 0 Å². The standard InChI is InChI=1S/C22H27F2NO3/c23-18-8-4-16(5-9-18)22(17-6-10-19(24)11-7-17)28-15-21(27)13-25-12-2-1-3-20(25)14-26/h4-11,20-22,26-27H,1-3,12-15H2/t20-,21-/m1/s1. The summed E-state index contributed by atoms with van der Waals surface area (Å²) < 4.78 is 32.6. The van der Waals surface area contributed by atoms with E-state index in [-0.39, 0.29) is 30.9 Å². The molecule has 1 aliphatic heterocycles. The maximum atomic E-state index is 13.3. The first-order valence-corrected chi connectivity index (χ1v) is 9.72. The monoisotopic (exact) mass is 391 g/mol. The molecular weight excluding hydrogens is 364 g/mol. The molecule has 1 heterocycles. The Hall–Kier alpha value is -1.86. The maximum absolute atomic E-state index is 13.3. The zero-order valence-electron chi connectivity index (χ0n) is 15.8.